The third-order valence-electron chi connectivity index (χ3n) is 3.55. The molecule has 4 nitrogen and oxygen atoms in total. The number of nitrogens with one attached hydrogen (secondary N) is 1. The zero-order chi connectivity index (χ0) is 19.3. The van der Waals surface area contributed by atoms with Gasteiger partial charge in [-0.25, -0.2) is 13.6 Å². The second-order valence-corrected chi connectivity index (χ2v) is 6.38. The first-order chi connectivity index (χ1) is 12.3. The molecule has 2 rings (SSSR count). The van der Waals surface area contributed by atoms with E-state index in [1.165, 1.54) is 13.2 Å². The van der Waals surface area contributed by atoms with Gasteiger partial charge in [0.25, 0.3) is 0 Å². The number of benzene rings is 2. The van der Waals surface area contributed by atoms with E-state index in [-0.39, 0.29) is 18.4 Å². The molecule has 0 unspecified atom stereocenters. The van der Waals surface area contributed by atoms with Crippen molar-refractivity contribution in [2.24, 2.45) is 0 Å². The molecule has 1 atom stereocenters. The molecule has 0 aromatic heterocycles. The molecule has 2 aromatic carbocycles. The van der Waals surface area contributed by atoms with Gasteiger partial charge in [-0.15, -0.1) is 0 Å². The maximum Gasteiger partial charge on any atom is 0.328 e. The van der Waals surface area contributed by atoms with Gasteiger partial charge in [0.05, 0.1) is 13.5 Å². The molecular formula is C18H15Cl2F2NO3. The Hall–Kier alpha value is -2.18. The highest BCUT2D eigenvalue weighted by molar-refractivity contribution is 6.35. The number of hydrogen-bond acceptors (Lipinski definition) is 3. The van der Waals surface area contributed by atoms with Crippen LogP contribution < -0.4 is 5.32 Å². The van der Waals surface area contributed by atoms with E-state index in [0.29, 0.717) is 21.7 Å². The van der Waals surface area contributed by atoms with Crippen LogP contribution in [0.1, 0.15) is 11.1 Å². The maximum absolute atomic E-state index is 13.2. The van der Waals surface area contributed by atoms with Crippen molar-refractivity contribution in [1.82, 2.24) is 5.32 Å². The second kappa shape index (κ2) is 8.96. The summed E-state index contributed by atoms with van der Waals surface area (Å²) in [5.74, 6) is -2.83. The number of carbonyl (C=O) groups excluding carboxylic acids is 2. The topological polar surface area (TPSA) is 55.4 Å². The van der Waals surface area contributed by atoms with Crippen molar-refractivity contribution in [3.63, 3.8) is 0 Å². The number of carbonyl (C=O) groups is 2. The zero-order valence-corrected chi connectivity index (χ0v) is 15.2. The highest BCUT2D eigenvalue weighted by Gasteiger charge is 2.23. The van der Waals surface area contributed by atoms with Crippen LogP contribution in [-0.4, -0.2) is 25.0 Å². The Balaban J connectivity index is 2.11. The Labute approximate surface area is 159 Å². The van der Waals surface area contributed by atoms with Gasteiger partial charge >= 0.3 is 5.97 Å². The van der Waals surface area contributed by atoms with E-state index in [2.05, 4.69) is 5.32 Å². The molecule has 0 bridgehead atoms. The summed E-state index contributed by atoms with van der Waals surface area (Å²) in [5.41, 5.74) is 0.733. The lowest BCUT2D eigenvalue weighted by molar-refractivity contribution is -0.145. The Morgan fingerprint density at radius 2 is 1.77 bits per heavy atom. The van der Waals surface area contributed by atoms with Crippen molar-refractivity contribution in [2.45, 2.75) is 18.9 Å². The van der Waals surface area contributed by atoms with Crippen LogP contribution in [0.3, 0.4) is 0 Å². The average molecular weight is 402 g/mol. The van der Waals surface area contributed by atoms with E-state index >= 15 is 0 Å². The highest BCUT2D eigenvalue weighted by Crippen LogP contribution is 2.22. The van der Waals surface area contributed by atoms with Gasteiger partial charge in [0.2, 0.25) is 5.91 Å². The standard InChI is InChI=1S/C18H15Cl2F2NO3/c1-26-18(25)16(7-11-2-3-12(19)8-15(11)20)23-17(24)6-10-4-13(21)9-14(22)5-10/h2-5,8-9,16H,6-7H2,1H3,(H,23,24)/t16-/m1/s1. The minimum atomic E-state index is -1.01. The van der Waals surface area contributed by atoms with Crippen LogP contribution in [0.25, 0.3) is 0 Å². The molecule has 0 aliphatic rings. The van der Waals surface area contributed by atoms with Gasteiger partial charge in [-0.05, 0) is 35.4 Å². The Bertz CT molecular complexity index is 810. The van der Waals surface area contributed by atoms with E-state index in [0.717, 1.165) is 12.1 Å². The van der Waals surface area contributed by atoms with Gasteiger partial charge in [-0.1, -0.05) is 29.3 Å². The lowest BCUT2D eigenvalue weighted by Crippen LogP contribution is -2.43. The van der Waals surface area contributed by atoms with Crippen LogP contribution in [0.15, 0.2) is 36.4 Å². The summed E-state index contributed by atoms with van der Waals surface area (Å²) < 4.78 is 31.1. The minimum Gasteiger partial charge on any atom is -0.467 e. The first-order valence-corrected chi connectivity index (χ1v) is 8.30. The molecule has 0 heterocycles. The lowest BCUT2D eigenvalue weighted by Gasteiger charge is -2.17. The maximum atomic E-state index is 13.2. The molecular weight excluding hydrogens is 387 g/mol. The largest absolute Gasteiger partial charge is 0.467 e. The van der Waals surface area contributed by atoms with Gasteiger partial charge < -0.3 is 10.1 Å². The molecule has 1 N–H and O–H groups in total. The van der Waals surface area contributed by atoms with Gasteiger partial charge in [-0.3, -0.25) is 4.79 Å². The number of ether oxygens (including phenoxy) is 1. The fourth-order valence-electron chi connectivity index (χ4n) is 2.39. The first-order valence-electron chi connectivity index (χ1n) is 7.54. The number of esters is 1. The van der Waals surface area contributed by atoms with E-state index in [1.807, 2.05) is 0 Å². The molecule has 0 fully saturated rings. The minimum absolute atomic E-state index is 0.0753. The number of amides is 1. The van der Waals surface area contributed by atoms with Crippen molar-refractivity contribution >= 4 is 35.1 Å². The van der Waals surface area contributed by atoms with Gasteiger partial charge in [0, 0.05) is 22.5 Å². The molecule has 2 aromatic rings. The number of hydrogen-bond donors (Lipinski definition) is 1. The van der Waals surface area contributed by atoms with Crippen LogP contribution >= 0.6 is 23.2 Å². The summed E-state index contributed by atoms with van der Waals surface area (Å²) in [6, 6.07) is 6.55. The number of halogens is 4. The average Bonchev–Trinajstić information content (AvgIpc) is 2.54. The molecule has 0 saturated heterocycles. The third-order valence-corrected chi connectivity index (χ3v) is 4.13. The van der Waals surface area contributed by atoms with Crippen LogP contribution in [0.5, 0.6) is 0 Å². The molecule has 0 saturated carbocycles. The highest BCUT2D eigenvalue weighted by atomic mass is 35.5. The molecule has 138 valence electrons. The summed E-state index contributed by atoms with van der Waals surface area (Å²) in [5, 5.41) is 3.27. The van der Waals surface area contributed by atoms with Gasteiger partial charge in [-0.2, -0.15) is 0 Å². The Kier molecular flexibility index (Phi) is 6.94. The first kappa shape index (κ1) is 20.1. The van der Waals surface area contributed by atoms with Crippen LogP contribution in [-0.2, 0) is 27.2 Å². The van der Waals surface area contributed by atoms with Crippen LogP contribution in [0.2, 0.25) is 10.0 Å². The molecule has 0 aliphatic heterocycles. The SMILES string of the molecule is COC(=O)[C@@H](Cc1ccc(Cl)cc1Cl)NC(=O)Cc1cc(F)cc(F)c1. The summed E-state index contributed by atoms with van der Waals surface area (Å²) in [4.78, 5) is 24.1. The molecule has 0 spiro atoms. The molecule has 1 amide bonds. The zero-order valence-electron chi connectivity index (χ0n) is 13.7. The number of rotatable bonds is 6. The van der Waals surface area contributed by atoms with Crippen LogP contribution in [0.4, 0.5) is 8.78 Å². The lowest BCUT2D eigenvalue weighted by atomic mass is 10.0. The van der Waals surface area contributed by atoms with E-state index < -0.39 is 29.6 Å². The van der Waals surface area contributed by atoms with E-state index in [9.17, 15) is 18.4 Å². The van der Waals surface area contributed by atoms with Crippen LogP contribution in [0, 0.1) is 11.6 Å². The summed E-state index contributed by atoms with van der Waals surface area (Å²) in [6.45, 7) is 0. The Morgan fingerprint density at radius 3 is 2.35 bits per heavy atom. The molecule has 0 radical (unpaired) electrons. The van der Waals surface area contributed by atoms with Crippen molar-refractivity contribution in [3.8, 4) is 0 Å². The molecule has 8 heteroatoms. The summed E-state index contributed by atoms with van der Waals surface area (Å²) >= 11 is 11.9. The van der Waals surface area contributed by atoms with Gasteiger partial charge in [0.1, 0.15) is 17.7 Å². The summed E-state index contributed by atoms with van der Waals surface area (Å²) in [7, 11) is 1.19. The normalized spacial score (nSPS) is 11.7. The van der Waals surface area contributed by atoms with Gasteiger partial charge in [0.15, 0.2) is 0 Å². The Morgan fingerprint density at radius 1 is 1.12 bits per heavy atom. The molecule has 0 aliphatic carbocycles. The fraction of sp³-hybridized carbons (Fsp3) is 0.222. The summed E-state index contributed by atoms with van der Waals surface area (Å²) in [6.07, 6.45) is -0.220. The van der Waals surface area contributed by atoms with Crippen molar-refractivity contribution in [2.75, 3.05) is 7.11 Å². The van der Waals surface area contributed by atoms with E-state index in [4.69, 9.17) is 27.9 Å². The van der Waals surface area contributed by atoms with Crippen molar-refractivity contribution in [1.29, 1.82) is 0 Å². The predicted molar refractivity (Wildman–Crippen MR) is 94.2 cm³/mol. The second-order valence-electron chi connectivity index (χ2n) is 5.54. The van der Waals surface area contributed by atoms with Crippen molar-refractivity contribution in [3.05, 3.63) is 69.2 Å². The number of methoxy groups -OCH3 is 1. The van der Waals surface area contributed by atoms with Crippen molar-refractivity contribution < 1.29 is 23.1 Å². The monoisotopic (exact) mass is 401 g/mol. The van der Waals surface area contributed by atoms with E-state index in [1.54, 1.807) is 12.1 Å². The smallest absolute Gasteiger partial charge is 0.328 e. The third kappa shape index (κ3) is 5.68. The molecule has 26 heavy (non-hydrogen) atoms. The predicted octanol–water partition coefficient (Wildman–Crippen LogP) is 3.71. The quantitative estimate of drug-likeness (QED) is 0.750. The fourth-order valence-corrected chi connectivity index (χ4v) is 2.87.